The van der Waals surface area contributed by atoms with Gasteiger partial charge in [0.2, 0.25) is 0 Å². The first kappa shape index (κ1) is 12.8. The molecular formula is C13H14BrN3O. The SMILES string of the molecule is CCCNc1nc(-c2cccc(O)c2)ncc1Br. The van der Waals surface area contributed by atoms with Crippen LogP contribution in [0.4, 0.5) is 5.82 Å². The number of phenolic OH excluding ortho intramolecular Hbond substituents is 1. The average molecular weight is 308 g/mol. The highest BCUT2D eigenvalue weighted by Crippen LogP contribution is 2.24. The van der Waals surface area contributed by atoms with E-state index in [4.69, 9.17) is 0 Å². The molecule has 0 atom stereocenters. The molecule has 0 saturated carbocycles. The molecule has 0 radical (unpaired) electrons. The number of aromatic hydroxyl groups is 1. The lowest BCUT2D eigenvalue weighted by atomic mass is 10.2. The predicted molar refractivity (Wildman–Crippen MR) is 75.6 cm³/mol. The monoisotopic (exact) mass is 307 g/mol. The summed E-state index contributed by atoms with van der Waals surface area (Å²) in [6.45, 7) is 2.95. The van der Waals surface area contributed by atoms with Crippen molar-refractivity contribution >= 4 is 21.7 Å². The Kier molecular flexibility index (Phi) is 4.15. The zero-order chi connectivity index (χ0) is 13.0. The molecule has 18 heavy (non-hydrogen) atoms. The molecule has 0 amide bonds. The fourth-order valence-electron chi connectivity index (χ4n) is 1.52. The van der Waals surface area contributed by atoms with E-state index in [1.165, 1.54) is 0 Å². The van der Waals surface area contributed by atoms with Crippen LogP contribution in [0.2, 0.25) is 0 Å². The fraction of sp³-hybridized carbons (Fsp3) is 0.231. The lowest BCUT2D eigenvalue weighted by Crippen LogP contribution is -2.04. The van der Waals surface area contributed by atoms with Gasteiger partial charge in [0.25, 0.3) is 0 Å². The topological polar surface area (TPSA) is 58.0 Å². The van der Waals surface area contributed by atoms with Crippen LogP contribution in [0.25, 0.3) is 11.4 Å². The summed E-state index contributed by atoms with van der Waals surface area (Å²) in [7, 11) is 0. The van der Waals surface area contributed by atoms with Gasteiger partial charge in [-0.3, -0.25) is 0 Å². The van der Waals surface area contributed by atoms with Crippen LogP contribution in [0.15, 0.2) is 34.9 Å². The van der Waals surface area contributed by atoms with Gasteiger partial charge in [0, 0.05) is 18.3 Å². The first-order chi connectivity index (χ1) is 8.70. The molecule has 1 aromatic heterocycles. The van der Waals surface area contributed by atoms with E-state index in [0.717, 1.165) is 28.8 Å². The number of nitrogens with zero attached hydrogens (tertiary/aromatic N) is 2. The van der Waals surface area contributed by atoms with Crippen LogP contribution in [-0.2, 0) is 0 Å². The van der Waals surface area contributed by atoms with Crippen LogP contribution in [-0.4, -0.2) is 21.6 Å². The smallest absolute Gasteiger partial charge is 0.161 e. The number of benzene rings is 1. The molecule has 2 aromatic rings. The minimum Gasteiger partial charge on any atom is -0.508 e. The van der Waals surface area contributed by atoms with Crippen LogP contribution in [0, 0.1) is 0 Å². The highest BCUT2D eigenvalue weighted by atomic mass is 79.9. The summed E-state index contributed by atoms with van der Waals surface area (Å²) in [5, 5.41) is 12.7. The van der Waals surface area contributed by atoms with Crippen molar-refractivity contribution in [2.45, 2.75) is 13.3 Å². The molecular weight excluding hydrogens is 294 g/mol. The third kappa shape index (κ3) is 2.98. The Morgan fingerprint density at radius 3 is 2.94 bits per heavy atom. The fourth-order valence-corrected chi connectivity index (χ4v) is 1.85. The van der Waals surface area contributed by atoms with Gasteiger partial charge in [-0.25, -0.2) is 9.97 Å². The molecule has 1 aromatic carbocycles. The van der Waals surface area contributed by atoms with E-state index in [2.05, 4.69) is 38.1 Å². The van der Waals surface area contributed by atoms with Gasteiger partial charge < -0.3 is 10.4 Å². The standard InChI is InChI=1S/C13H14BrN3O/c1-2-6-15-13-11(14)8-16-12(17-13)9-4-3-5-10(18)7-9/h3-5,7-8,18H,2,6H2,1H3,(H,15,16,17). The highest BCUT2D eigenvalue weighted by molar-refractivity contribution is 9.10. The van der Waals surface area contributed by atoms with E-state index in [-0.39, 0.29) is 5.75 Å². The first-order valence-corrected chi connectivity index (χ1v) is 6.56. The van der Waals surface area contributed by atoms with Gasteiger partial charge in [-0.1, -0.05) is 19.1 Å². The number of aromatic nitrogens is 2. The summed E-state index contributed by atoms with van der Waals surface area (Å²) in [6, 6.07) is 6.91. The molecule has 2 rings (SSSR count). The van der Waals surface area contributed by atoms with Gasteiger partial charge in [-0.05, 0) is 34.5 Å². The van der Waals surface area contributed by atoms with Crippen molar-refractivity contribution < 1.29 is 5.11 Å². The molecule has 0 aliphatic heterocycles. The van der Waals surface area contributed by atoms with Crippen molar-refractivity contribution in [1.29, 1.82) is 0 Å². The van der Waals surface area contributed by atoms with E-state index in [0.29, 0.717) is 5.82 Å². The maximum absolute atomic E-state index is 9.46. The Balaban J connectivity index is 2.34. The van der Waals surface area contributed by atoms with Gasteiger partial charge >= 0.3 is 0 Å². The molecule has 2 N–H and O–H groups in total. The van der Waals surface area contributed by atoms with Gasteiger partial charge in [0.05, 0.1) is 4.47 Å². The van der Waals surface area contributed by atoms with Crippen molar-refractivity contribution in [3.05, 3.63) is 34.9 Å². The summed E-state index contributed by atoms with van der Waals surface area (Å²) >= 11 is 3.41. The molecule has 0 aliphatic rings. The molecule has 0 saturated heterocycles. The van der Waals surface area contributed by atoms with E-state index < -0.39 is 0 Å². The number of halogens is 1. The molecule has 0 fully saturated rings. The molecule has 94 valence electrons. The second-order valence-electron chi connectivity index (χ2n) is 3.87. The second-order valence-corrected chi connectivity index (χ2v) is 4.72. The summed E-state index contributed by atoms with van der Waals surface area (Å²) in [5.74, 6) is 1.57. The average Bonchev–Trinajstić information content (AvgIpc) is 2.38. The highest BCUT2D eigenvalue weighted by Gasteiger charge is 2.07. The van der Waals surface area contributed by atoms with Crippen molar-refractivity contribution in [3.8, 4) is 17.1 Å². The van der Waals surface area contributed by atoms with Crippen LogP contribution in [0.3, 0.4) is 0 Å². The van der Waals surface area contributed by atoms with E-state index >= 15 is 0 Å². The van der Waals surface area contributed by atoms with Crippen molar-refractivity contribution in [3.63, 3.8) is 0 Å². The molecule has 4 nitrogen and oxygen atoms in total. The lowest BCUT2D eigenvalue weighted by Gasteiger charge is -2.08. The molecule has 0 aliphatic carbocycles. The number of hydrogen-bond acceptors (Lipinski definition) is 4. The number of anilines is 1. The van der Waals surface area contributed by atoms with Crippen LogP contribution < -0.4 is 5.32 Å². The second kappa shape index (κ2) is 5.82. The third-order valence-electron chi connectivity index (χ3n) is 2.39. The van der Waals surface area contributed by atoms with Crippen LogP contribution in [0.1, 0.15) is 13.3 Å². The van der Waals surface area contributed by atoms with Crippen LogP contribution in [0.5, 0.6) is 5.75 Å². The summed E-state index contributed by atoms with van der Waals surface area (Å²) < 4.78 is 0.833. The summed E-state index contributed by atoms with van der Waals surface area (Å²) in [4.78, 5) is 8.69. The van der Waals surface area contributed by atoms with Gasteiger partial charge in [-0.15, -0.1) is 0 Å². The van der Waals surface area contributed by atoms with Gasteiger partial charge in [0.1, 0.15) is 11.6 Å². The predicted octanol–water partition coefficient (Wildman–Crippen LogP) is 3.43. The number of phenols is 1. The Labute approximate surface area is 114 Å². The lowest BCUT2D eigenvalue weighted by molar-refractivity contribution is 0.475. The van der Waals surface area contributed by atoms with Crippen molar-refractivity contribution in [2.24, 2.45) is 0 Å². The maximum atomic E-state index is 9.46. The van der Waals surface area contributed by atoms with Crippen LogP contribution >= 0.6 is 15.9 Å². The Morgan fingerprint density at radius 2 is 2.22 bits per heavy atom. The van der Waals surface area contributed by atoms with E-state index in [9.17, 15) is 5.11 Å². The molecule has 0 bridgehead atoms. The molecule has 5 heteroatoms. The Bertz CT molecular complexity index is 546. The van der Waals surface area contributed by atoms with E-state index in [1.807, 2.05) is 6.07 Å². The number of nitrogens with one attached hydrogen (secondary N) is 1. The molecule has 0 spiro atoms. The Hall–Kier alpha value is -1.62. The largest absolute Gasteiger partial charge is 0.508 e. The zero-order valence-corrected chi connectivity index (χ0v) is 11.6. The van der Waals surface area contributed by atoms with Crippen molar-refractivity contribution in [1.82, 2.24) is 9.97 Å². The first-order valence-electron chi connectivity index (χ1n) is 5.76. The Morgan fingerprint density at radius 1 is 1.39 bits per heavy atom. The third-order valence-corrected chi connectivity index (χ3v) is 2.97. The quantitative estimate of drug-likeness (QED) is 0.908. The van der Waals surface area contributed by atoms with Gasteiger partial charge in [-0.2, -0.15) is 0 Å². The normalized spacial score (nSPS) is 10.3. The summed E-state index contributed by atoms with van der Waals surface area (Å²) in [5.41, 5.74) is 0.794. The maximum Gasteiger partial charge on any atom is 0.161 e. The number of hydrogen-bond donors (Lipinski definition) is 2. The zero-order valence-electron chi connectivity index (χ0n) is 10.0. The van der Waals surface area contributed by atoms with Crippen molar-refractivity contribution in [2.75, 3.05) is 11.9 Å². The number of rotatable bonds is 4. The molecule has 0 unspecified atom stereocenters. The molecule has 1 heterocycles. The summed E-state index contributed by atoms with van der Waals surface area (Å²) in [6.07, 6.45) is 2.74. The minimum atomic E-state index is 0.210. The van der Waals surface area contributed by atoms with Gasteiger partial charge in [0.15, 0.2) is 5.82 Å². The van der Waals surface area contributed by atoms with E-state index in [1.54, 1.807) is 24.4 Å². The minimum absolute atomic E-state index is 0.210.